The van der Waals surface area contributed by atoms with Crippen molar-refractivity contribution in [1.82, 2.24) is 10.3 Å². The summed E-state index contributed by atoms with van der Waals surface area (Å²) in [7, 11) is 0. The summed E-state index contributed by atoms with van der Waals surface area (Å²) < 4.78 is 14.6. The molecule has 2 atom stereocenters. The number of nitrogens with one attached hydrogen (secondary N) is 2. The minimum atomic E-state index is -0.437. The third-order valence-electron chi connectivity index (χ3n) is 5.80. The number of hydrogen-bond acceptors (Lipinski definition) is 2. The minimum Gasteiger partial charge on any atom is -0.335 e. The second-order valence-corrected chi connectivity index (χ2v) is 8.63. The lowest BCUT2D eigenvalue weighted by molar-refractivity contribution is 0.248. The molecule has 156 valence electrons. The van der Waals surface area contributed by atoms with E-state index < -0.39 is 5.82 Å². The molecule has 4 nitrogen and oxygen atoms in total. The summed E-state index contributed by atoms with van der Waals surface area (Å²) in [5, 5.41) is 7.29. The van der Waals surface area contributed by atoms with E-state index in [2.05, 4.69) is 53.7 Å². The number of carbonyl (C=O) groups is 1. The molecular weight excluding hydrogens is 377 g/mol. The molecule has 0 unspecified atom stereocenters. The molecule has 0 saturated heterocycles. The van der Waals surface area contributed by atoms with Crippen LogP contribution in [0, 0.1) is 11.7 Å². The van der Waals surface area contributed by atoms with Crippen molar-refractivity contribution in [3.05, 3.63) is 71.8 Å². The zero-order chi connectivity index (χ0) is 21.1. The van der Waals surface area contributed by atoms with Gasteiger partial charge >= 0.3 is 6.03 Å². The Morgan fingerprint density at radius 3 is 2.73 bits per heavy atom. The van der Waals surface area contributed by atoms with Crippen molar-refractivity contribution in [2.75, 3.05) is 5.32 Å². The van der Waals surface area contributed by atoms with Gasteiger partial charge in [0.1, 0.15) is 5.82 Å². The van der Waals surface area contributed by atoms with Crippen LogP contribution in [0.15, 0.2) is 54.7 Å². The molecule has 1 aromatic heterocycles. The van der Waals surface area contributed by atoms with Gasteiger partial charge in [-0.3, -0.25) is 4.98 Å². The molecule has 2 N–H and O–H groups in total. The predicted octanol–water partition coefficient (Wildman–Crippen LogP) is 6.03. The first-order valence-corrected chi connectivity index (χ1v) is 10.7. The Labute approximate surface area is 176 Å². The van der Waals surface area contributed by atoms with Crippen molar-refractivity contribution in [3.8, 4) is 0 Å². The van der Waals surface area contributed by atoms with Crippen LogP contribution in [0.2, 0.25) is 0 Å². The molecule has 0 bridgehead atoms. The summed E-state index contributed by atoms with van der Waals surface area (Å²) in [6.07, 6.45) is 5.42. The average Bonchev–Trinajstić information content (AvgIpc) is 3.19. The summed E-state index contributed by atoms with van der Waals surface area (Å²) in [6.45, 7) is 4.24. The van der Waals surface area contributed by atoms with Crippen LogP contribution in [0.1, 0.15) is 50.3 Å². The predicted molar refractivity (Wildman–Crippen MR) is 119 cm³/mol. The summed E-state index contributed by atoms with van der Waals surface area (Å²) in [6, 6.07) is 15.1. The molecular formula is C25H28FN3O. The van der Waals surface area contributed by atoms with Gasteiger partial charge in [0.25, 0.3) is 0 Å². The van der Waals surface area contributed by atoms with E-state index >= 15 is 0 Å². The minimum absolute atomic E-state index is 0.0893. The topological polar surface area (TPSA) is 54.0 Å². The highest BCUT2D eigenvalue weighted by Gasteiger charge is 2.27. The zero-order valence-corrected chi connectivity index (χ0v) is 17.5. The number of urea groups is 1. The summed E-state index contributed by atoms with van der Waals surface area (Å²) in [4.78, 5) is 17.1. The van der Waals surface area contributed by atoms with Crippen LogP contribution < -0.4 is 10.6 Å². The van der Waals surface area contributed by atoms with E-state index in [9.17, 15) is 9.18 Å². The first kappa shape index (κ1) is 20.3. The van der Waals surface area contributed by atoms with Gasteiger partial charge < -0.3 is 10.6 Å². The number of carbonyl (C=O) groups excluding carboxylic acids is 1. The van der Waals surface area contributed by atoms with E-state index in [1.807, 2.05) is 12.1 Å². The lowest BCUT2D eigenvalue weighted by Crippen LogP contribution is -2.36. The van der Waals surface area contributed by atoms with Crippen molar-refractivity contribution in [1.29, 1.82) is 0 Å². The molecule has 4 rings (SSSR count). The van der Waals surface area contributed by atoms with Crippen molar-refractivity contribution in [2.24, 2.45) is 5.92 Å². The maximum Gasteiger partial charge on any atom is 0.319 e. The van der Waals surface area contributed by atoms with Crippen LogP contribution in [0.4, 0.5) is 14.9 Å². The highest BCUT2D eigenvalue weighted by molar-refractivity contribution is 6.01. The summed E-state index contributed by atoms with van der Waals surface area (Å²) in [5.41, 5.74) is 2.43. The van der Waals surface area contributed by atoms with Crippen molar-refractivity contribution >= 4 is 22.5 Å². The lowest BCUT2D eigenvalue weighted by atomic mass is 9.98. The molecule has 3 aromatic rings. The number of hydrogen-bond donors (Lipinski definition) is 2. The first-order valence-electron chi connectivity index (χ1n) is 10.7. The molecule has 0 spiro atoms. The van der Waals surface area contributed by atoms with Gasteiger partial charge in [-0.2, -0.15) is 0 Å². The van der Waals surface area contributed by atoms with Crippen LogP contribution in [0.25, 0.3) is 10.8 Å². The molecule has 1 aliphatic carbocycles. The van der Waals surface area contributed by atoms with Gasteiger partial charge in [-0.15, -0.1) is 0 Å². The number of aromatic nitrogens is 1. The van der Waals surface area contributed by atoms with Gasteiger partial charge in [0.05, 0.1) is 5.69 Å². The van der Waals surface area contributed by atoms with E-state index in [0.29, 0.717) is 17.2 Å². The molecule has 1 fully saturated rings. The Morgan fingerprint density at radius 1 is 1.17 bits per heavy atom. The first-order chi connectivity index (χ1) is 14.5. The Hall–Kier alpha value is -2.95. The molecule has 30 heavy (non-hydrogen) atoms. The van der Waals surface area contributed by atoms with E-state index in [4.69, 9.17) is 0 Å². The normalized spacial score (nSPS) is 18.7. The fourth-order valence-corrected chi connectivity index (χ4v) is 4.37. The van der Waals surface area contributed by atoms with Gasteiger partial charge in [-0.05, 0) is 61.3 Å². The SMILES string of the molecule is CC(C)Cc1cc2c(NC(=O)N[C@@H]3CC[C@H](c4ccccc4)C3)c(F)ccc2cn1. The van der Waals surface area contributed by atoms with Gasteiger partial charge in [-0.1, -0.05) is 44.2 Å². The molecule has 1 heterocycles. The second-order valence-electron chi connectivity index (χ2n) is 8.63. The molecule has 2 aromatic carbocycles. The smallest absolute Gasteiger partial charge is 0.319 e. The number of fused-ring (bicyclic) bond motifs is 1. The highest BCUT2D eigenvalue weighted by atomic mass is 19.1. The number of pyridine rings is 1. The molecule has 1 aliphatic rings. The maximum atomic E-state index is 14.6. The number of benzene rings is 2. The monoisotopic (exact) mass is 405 g/mol. The average molecular weight is 406 g/mol. The standard InChI is InChI=1S/C25H28FN3O/c1-16(2)12-21-14-22-19(15-27-21)9-11-23(26)24(22)29-25(30)28-20-10-8-18(13-20)17-6-4-3-5-7-17/h3-7,9,11,14-16,18,20H,8,10,12-13H2,1-2H3,(H2,28,29,30)/t18-,20+/m0/s1. The Balaban J connectivity index is 1.47. The largest absolute Gasteiger partial charge is 0.335 e. The number of anilines is 1. The third-order valence-corrected chi connectivity index (χ3v) is 5.80. The van der Waals surface area contributed by atoms with Crippen molar-refractivity contribution in [2.45, 2.75) is 51.5 Å². The van der Waals surface area contributed by atoms with Crippen molar-refractivity contribution in [3.63, 3.8) is 0 Å². The number of halogens is 1. The maximum absolute atomic E-state index is 14.6. The summed E-state index contributed by atoms with van der Waals surface area (Å²) >= 11 is 0. The van der Waals surface area contributed by atoms with Gasteiger partial charge in [0.2, 0.25) is 0 Å². The fraction of sp³-hybridized carbons (Fsp3) is 0.360. The quantitative estimate of drug-likeness (QED) is 0.544. The fourth-order valence-electron chi connectivity index (χ4n) is 4.37. The third kappa shape index (κ3) is 4.61. The second kappa shape index (κ2) is 8.82. The molecule has 0 radical (unpaired) electrons. The number of amides is 2. The molecule has 2 amide bonds. The van der Waals surface area contributed by atoms with Crippen LogP contribution in [0.3, 0.4) is 0 Å². The summed E-state index contributed by atoms with van der Waals surface area (Å²) in [5.74, 6) is 0.464. The van der Waals surface area contributed by atoms with E-state index in [1.165, 1.54) is 11.6 Å². The molecule has 0 aliphatic heterocycles. The van der Waals surface area contributed by atoms with Gasteiger partial charge in [0, 0.05) is 28.7 Å². The van der Waals surface area contributed by atoms with Crippen LogP contribution in [0.5, 0.6) is 0 Å². The Kier molecular flexibility index (Phi) is 5.98. The van der Waals surface area contributed by atoms with Crippen LogP contribution in [-0.4, -0.2) is 17.1 Å². The van der Waals surface area contributed by atoms with Gasteiger partial charge in [0.15, 0.2) is 0 Å². The number of nitrogens with zero attached hydrogens (tertiary/aromatic N) is 1. The Bertz CT molecular complexity index is 1040. The van der Waals surface area contributed by atoms with E-state index in [1.54, 1.807) is 12.3 Å². The lowest BCUT2D eigenvalue weighted by Gasteiger charge is -2.16. The van der Waals surface area contributed by atoms with E-state index in [-0.39, 0.29) is 17.8 Å². The van der Waals surface area contributed by atoms with Crippen LogP contribution in [-0.2, 0) is 6.42 Å². The van der Waals surface area contributed by atoms with Gasteiger partial charge in [-0.25, -0.2) is 9.18 Å². The van der Waals surface area contributed by atoms with Crippen LogP contribution >= 0.6 is 0 Å². The zero-order valence-electron chi connectivity index (χ0n) is 17.5. The molecule has 5 heteroatoms. The molecule has 1 saturated carbocycles. The van der Waals surface area contributed by atoms with Crippen molar-refractivity contribution < 1.29 is 9.18 Å². The van der Waals surface area contributed by atoms with E-state index in [0.717, 1.165) is 36.8 Å². The number of rotatable bonds is 5. The Morgan fingerprint density at radius 2 is 1.97 bits per heavy atom. The highest BCUT2D eigenvalue weighted by Crippen LogP contribution is 2.34.